The quantitative estimate of drug-likeness (QED) is 0.180. The summed E-state index contributed by atoms with van der Waals surface area (Å²) >= 11 is 0. The molecule has 11 rings (SSSR count). The van der Waals surface area contributed by atoms with Gasteiger partial charge in [0.2, 0.25) is 0 Å². The molecule has 0 saturated carbocycles. The number of nitrogens with zero attached hydrogens (tertiary/aromatic N) is 3. The van der Waals surface area contributed by atoms with Gasteiger partial charge in [0.1, 0.15) is 0 Å². The lowest BCUT2D eigenvalue weighted by Crippen LogP contribution is -1.96. The molecular weight excluding hydrogens is 619 g/mol. The second kappa shape index (κ2) is 10.8. The van der Waals surface area contributed by atoms with E-state index in [9.17, 15) is 0 Å². The standard InChI is InChI=1S/C48H31N3/c1-3-13-32(14-4-1)33-23-26-46-40(29-33)39-19-9-12-22-45(39)51(46)36-25-28-48-42(31-36)41-30-35(24-27-47(41)49(48)34-15-5-2-6-16-34)50-43-20-10-7-17-37(43)38-18-8-11-21-44(38)50/h1-31H. The Labute approximate surface area is 294 Å². The molecule has 0 amide bonds. The maximum absolute atomic E-state index is 2.43. The monoisotopic (exact) mass is 649 g/mol. The van der Waals surface area contributed by atoms with E-state index >= 15 is 0 Å². The van der Waals surface area contributed by atoms with Crippen molar-refractivity contribution in [3.05, 3.63) is 188 Å². The lowest BCUT2D eigenvalue weighted by molar-refractivity contribution is 1.16. The third kappa shape index (κ3) is 4.12. The highest BCUT2D eigenvalue weighted by molar-refractivity contribution is 6.14. The molecule has 0 aliphatic rings. The van der Waals surface area contributed by atoms with Crippen molar-refractivity contribution < 1.29 is 0 Å². The van der Waals surface area contributed by atoms with E-state index in [1.807, 2.05) is 0 Å². The van der Waals surface area contributed by atoms with Gasteiger partial charge in [0.25, 0.3) is 0 Å². The van der Waals surface area contributed by atoms with Gasteiger partial charge in [-0.1, -0.05) is 109 Å². The van der Waals surface area contributed by atoms with Crippen LogP contribution in [0.15, 0.2) is 188 Å². The molecule has 0 saturated heterocycles. The first-order valence-electron chi connectivity index (χ1n) is 17.5. The molecule has 8 aromatic carbocycles. The van der Waals surface area contributed by atoms with Crippen molar-refractivity contribution in [2.45, 2.75) is 0 Å². The topological polar surface area (TPSA) is 14.8 Å². The number of hydrogen-bond donors (Lipinski definition) is 0. The van der Waals surface area contributed by atoms with Crippen molar-refractivity contribution in [2.24, 2.45) is 0 Å². The summed E-state index contributed by atoms with van der Waals surface area (Å²) < 4.78 is 7.25. The SMILES string of the molecule is c1ccc(-c2ccc3c(c2)c2ccccc2n3-c2ccc3c(c2)c2cc(-n4c5ccccc5c5ccccc54)ccc2n3-c2ccccc2)cc1. The van der Waals surface area contributed by atoms with Gasteiger partial charge in [-0.3, -0.25) is 0 Å². The van der Waals surface area contributed by atoms with E-state index < -0.39 is 0 Å². The maximum atomic E-state index is 2.43. The highest BCUT2D eigenvalue weighted by atomic mass is 15.0. The molecule has 3 aromatic heterocycles. The number of benzene rings is 8. The van der Waals surface area contributed by atoms with Gasteiger partial charge < -0.3 is 13.7 Å². The van der Waals surface area contributed by atoms with E-state index in [4.69, 9.17) is 0 Å². The van der Waals surface area contributed by atoms with Gasteiger partial charge in [-0.25, -0.2) is 0 Å². The third-order valence-corrected chi connectivity index (χ3v) is 10.6. The number of fused-ring (bicyclic) bond motifs is 9. The van der Waals surface area contributed by atoms with E-state index in [0.29, 0.717) is 0 Å². The van der Waals surface area contributed by atoms with Crippen molar-refractivity contribution in [2.75, 3.05) is 0 Å². The molecule has 3 nitrogen and oxygen atoms in total. The van der Waals surface area contributed by atoms with Crippen LogP contribution >= 0.6 is 0 Å². The maximum Gasteiger partial charge on any atom is 0.0542 e. The summed E-state index contributed by atoms with van der Waals surface area (Å²) in [5, 5.41) is 7.49. The average molecular weight is 650 g/mol. The Bertz CT molecular complexity index is 3070. The van der Waals surface area contributed by atoms with E-state index in [0.717, 1.165) is 17.1 Å². The minimum Gasteiger partial charge on any atom is -0.309 e. The van der Waals surface area contributed by atoms with Crippen LogP contribution in [0.4, 0.5) is 0 Å². The Morgan fingerprint density at radius 2 is 0.588 bits per heavy atom. The van der Waals surface area contributed by atoms with Crippen LogP contribution in [0.2, 0.25) is 0 Å². The molecule has 0 N–H and O–H groups in total. The van der Waals surface area contributed by atoms with E-state index in [2.05, 4.69) is 202 Å². The number of aromatic nitrogens is 3. The van der Waals surface area contributed by atoms with Crippen LogP contribution in [0, 0.1) is 0 Å². The van der Waals surface area contributed by atoms with E-state index in [1.165, 1.54) is 76.5 Å². The highest BCUT2D eigenvalue weighted by Gasteiger charge is 2.19. The Kier molecular flexibility index (Phi) is 5.96. The predicted molar refractivity (Wildman–Crippen MR) is 215 cm³/mol. The van der Waals surface area contributed by atoms with Crippen LogP contribution < -0.4 is 0 Å². The van der Waals surface area contributed by atoms with E-state index in [-0.39, 0.29) is 0 Å². The van der Waals surface area contributed by atoms with Crippen molar-refractivity contribution in [1.29, 1.82) is 0 Å². The van der Waals surface area contributed by atoms with Crippen LogP contribution in [0.5, 0.6) is 0 Å². The van der Waals surface area contributed by atoms with Crippen LogP contribution in [0.1, 0.15) is 0 Å². The number of para-hydroxylation sites is 4. The van der Waals surface area contributed by atoms with Gasteiger partial charge in [0.15, 0.2) is 0 Å². The first kappa shape index (κ1) is 28.0. The normalized spacial score (nSPS) is 11.9. The second-order valence-electron chi connectivity index (χ2n) is 13.4. The van der Waals surface area contributed by atoms with Gasteiger partial charge in [0, 0.05) is 49.4 Å². The molecule has 238 valence electrons. The van der Waals surface area contributed by atoms with Gasteiger partial charge >= 0.3 is 0 Å². The van der Waals surface area contributed by atoms with Crippen molar-refractivity contribution in [3.8, 4) is 28.2 Å². The molecule has 0 fully saturated rings. The van der Waals surface area contributed by atoms with Crippen LogP contribution in [-0.2, 0) is 0 Å². The summed E-state index contributed by atoms with van der Waals surface area (Å²) in [6.07, 6.45) is 0. The zero-order valence-electron chi connectivity index (χ0n) is 27.7. The van der Waals surface area contributed by atoms with Crippen LogP contribution in [0.25, 0.3) is 93.6 Å². The molecule has 0 aliphatic carbocycles. The van der Waals surface area contributed by atoms with E-state index in [1.54, 1.807) is 0 Å². The Morgan fingerprint density at radius 1 is 0.216 bits per heavy atom. The van der Waals surface area contributed by atoms with Gasteiger partial charge in [0.05, 0.1) is 33.1 Å². The first-order chi connectivity index (χ1) is 25.3. The molecule has 0 atom stereocenters. The molecule has 0 unspecified atom stereocenters. The molecule has 3 heteroatoms. The summed E-state index contributed by atoms with van der Waals surface area (Å²) in [4.78, 5) is 0. The lowest BCUT2D eigenvalue weighted by atomic mass is 10.0. The Morgan fingerprint density at radius 3 is 1.12 bits per heavy atom. The van der Waals surface area contributed by atoms with Gasteiger partial charge in [-0.05, 0) is 90.0 Å². The van der Waals surface area contributed by atoms with Gasteiger partial charge in [-0.15, -0.1) is 0 Å². The second-order valence-corrected chi connectivity index (χ2v) is 13.4. The molecule has 0 aliphatic heterocycles. The molecule has 0 spiro atoms. The fraction of sp³-hybridized carbons (Fsp3) is 0. The Balaban J connectivity index is 1.19. The van der Waals surface area contributed by atoms with Gasteiger partial charge in [-0.2, -0.15) is 0 Å². The van der Waals surface area contributed by atoms with Crippen molar-refractivity contribution >= 4 is 65.4 Å². The fourth-order valence-electron chi connectivity index (χ4n) is 8.39. The largest absolute Gasteiger partial charge is 0.309 e. The molecule has 11 aromatic rings. The predicted octanol–water partition coefficient (Wildman–Crippen LogP) is 12.6. The Hall–Kier alpha value is -6.84. The zero-order chi connectivity index (χ0) is 33.5. The highest BCUT2D eigenvalue weighted by Crippen LogP contribution is 2.40. The molecule has 0 bridgehead atoms. The fourth-order valence-corrected chi connectivity index (χ4v) is 8.39. The van der Waals surface area contributed by atoms with Crippen molar-refractivity contribution in [3.63, 3.8) is 0 Å². The van der Waals surface area contributed by atoms with Crippen LogP contribution in [0.3, 0.4) is 0 Å². The molecule has 51 heavy (non-hydrogen) atoms. The number of hydrogen-bond acceptors (Lipinski definition) is 0. The van der Waals surface area contributed by atoms with Crippen molar-refractivity contribution in [1.82, 2.24) is 13.7 Å². The average Bonchev–Trinajstić information content (AvgIpc) is 3.83. The first-order valence-corrected chi connectivity index (χ1v) is 17.5. The third-order valence-electron chi connectivity index (χ3n) is 10.6. The molecule has 0 radical (unpaired) electrons. The summed E-state index contributed by atoms with van der Waals surface area (Å²) in [5.74, 6) is 0. The minimum atomic E-state index is 1.15. The molecular formula is C48H31N3. The smallest absolute Gasteiger partial charge is 0.0542 e. The minimum absolute atomic E-state index is 1.15. The summed E-state index contributed by atoms with van der Waals surface area (Å²) in [6.45, 7) is 0. The molecule has 3 heterocycles. The zero-order valence-corrected chi connectivity index (χ0v) is 27.7. The number of rotatable bonds is 4. The summed E-state index contributed by atoms with van der Waals surface area (Å²) in [7, 11) is 0. The lowest BCUT2D eigenvalue weighted by Gasteiger charge is -2.10. The summed E-state index contributed by atoms with van der Waals surface area (Å²) in [5.41, 5.74) is 13.1. The van der Waals surface area contributed by atoms with Crippen LogP contribution in [-0.4, -0.2) is 13.7 Å². The summed E-state index contributed by atoms with van der Waals surface area (Å²) in [6, 6.07) is 68.5.